The zero-order valence-corrected chi connectivity index (χ0v) is 18.9. The van der Waals surface area contributed by atoms with E-state index in [1.165, 1.54) is 5.56 Å². The van der Waals surface area contributed by atoms with Crippen LogP contribution in [0.15, 0.2) is 28.7 Å². The van der Waals surface area contributed by atoms with Crippen LogP contribution in [-0.2, 0) is 5.41 Å². The summed E-state index contributed by atoms with van der Waals surface area (Å²) < 4.78 is 6.03. The molecule has 0 N–H and O–H groups in total. The first-order valence-electron chi connectivity index (χ1n) is 10.1. The minimum atomic E-state index is 0.143. The Hall–Kier alpha value is -2.25. The van der Waals surface area contributed by atoms with Crippen LogP contribution in [0, 0.1) is 6.92 Å². The highest BCUT2D eigenvalue weighted by Crippen LogP contribution is 2.36. The van der Waals surface area contributed by atoms with E-state index in [0.29, 0.717) is 17.9 Å². The quantitative estimate of drug-likeness (QED) is 0.625. The number of hydrogen-bond acceptors (Lipinski definition) is 7. The monoisotopic (exact) mass is 411 g/mol. The lowest BCUT2D eigenvalue weighted by atomic mass is 9.87. The summed E-state index contributed by atoms with van der Waals surface area (Å²) in [6, 6.07) is 9.79. The van der Waals surface area contributed by atoms with Crippen molar-refractivity contribution in [1.29, 1.82) is 0 Å². The van der Waals surface area contributed by atoms with E-state index in [0.717, 1.165) is 40.7 Å². The van der Waals surface area contributed by atoms with Gasteiger partial charge in [0, 0.05) is 24.7 Å². The van der Waals surface area contributed by atoms with Gasteiger partial charge in [-0.15, -0.1) is 16.4 Å². The highest BCUT2D eigenvalue weighted by molar-refractivity contribution is 7.18. The summed E-state index contributed by atoms with van der Waals surface area (Å²) in [5, 5.41) is 9.59. The normalized spacial score (nSPS) is 17.5. The Bertz CT molecular complexity index is 984. The number of aryl methyl sites for hydroxylation is 1. The van der Waals surface area contributed by atoms with Crippen molar-refractivity contribution < 1.29 is 4.42 Å². The van der Waals surface area contributed by atoms with Crippen molar-refractivity contribution in [3.8, 4) is 21.3 Å². The third kappa shape index (κ3) is 4.07. The second-order valence-electron chi connectivity index (χ2n) is 9.00. The van der Waals surface area contributed by atoms with Gasteiger partial charge in [0.2, 0.25) is 0 Å². The van der Waals surface area contributed by atoms with Crippen molar-refractivity contribution in [3.05, 3.63) is 35.5 Å². The van der Waals surface area contributed by atoms with Gasteiger partial charge in [0.15, 0.2) is 0 Å². The summed E-state index contributed by atoms with van der Waals surface area (Å²) >= 11 is 1.61. The van der Waals surface area contributed by atoms with Crippen molar-refractivity contribution in [2.45, 2.75) is 45.6 Å². The fourth-order valence-corrected chi connectivity index (χ4v) is 4.60. The second-order valence-corrected chi connectivity index (χ2v) is 10.0. The lowest BCUT2D eigenvalue weighted by molar-refractivity contribution is 0.315. The Kier molecular flexibility index (Phi) is 5.21. The molecule has 0 bridgehead atoms. The Morgan fingerprint density at radius 3 is 2.48 bits per heavy atom. The summed E-state index contributed by atoms with van der Waals surface area (Å²) in [6.45, 7) is 10.5. The van der Waals surface area contributed by atoms with Gasteiger partial charge in [-0.05, 0) is 38.4 Å². The molecule has 29 heavy (non-hydrogen) atoms. The molecule has 0 amide bonds. The Morgan fingerprint density at radius 1 is 1.14 bits per heavy atom. The summed E-state index contributed by atoms with van der Waals surface area (Å²) in [5.74, 6) is 0.556. The molecule has 1 aliphatic rings. The molecule has 1 atom stereocenters. The summed E-state index contributed by atoms with van der Waals surface area (Å²) in [6.07, 6.45) is 1.11. The number of aromatic nitrogens is 3. The molecular formula is C22H29N5OS. The molecule has 4 rings (SSSR count). The van der Waals surface area contributed by atoms with Crippen LogP contribution in [-0.4, -0.2) is 53.3 Å². The largest absolute Gasteiger partial charge is 0.402 e. The molecule has 154 valence electrons. The molecule has 0 spiro atoms. The van der Waals surface area contributed by atoms with E-state index in [-0.39, 0.29) is 5.41 Å². The van der Waals surface area contributed by atoms with Crippen LogP contribution in [0.4, 0.5) is 6.01 Å². The Balaban J connectivity index is 1.55. The molecule has 0 aliphatic carbocycles. The highest BCUT2D eigenvalue weighted by Gasteiger charge is 2.28. The number of thiazole rings is 1. The molecule has 0 radical (unpaired) electrons. The predicted molar refractivity (Wildman–Crippen MR) is 119 cm³/mol. The standard InChI is InChI=1S/C22H29N5OS/c1-14-18(19-24-25-21(28-19)27-12-11-17(13-27)26(5)6)29-20(23-14)15-7-9-16(10-8-15)22(2,3)4/h7-10,17H,11-13H2,1-6H3/t17-/m0/s1. The van der Waals surface area contributed by atoms with Gasteiger partial charge < -0.3 is 14.2 Å². The van der Waals surface area contributed by atoms with Crippen LogP contribution in [0.1, 0.15) is 38.4 Å². The number of nitrogens with zero attached hydrogens (tertiary/aromatic N) is 5. The van der Waals surface area contributed by atoms with E-state index in [2.05, 4.69) is 79.1 Å². The average molecular weight is 412 g/mol. The maximum atomic E-state index is 6.03. The van der Waals surface area contributed by atoms with Crippen LogP contribution in [0.5, 0.6) is 0 Å². The van der Waals surface area contributed by atoms with E-state index in [1.807, 2.05) is 6.92 Å². The van der Waals surface area contributed by atoms with Crippen LogP contribution in [0.25, 0.3) is 21.3 Å². The molecule has 1 aromatic carbocycles. The van der Waals surface area contributed by atoms with Crippen molar-refractivity contribution in [3.63, 3.8) is 0 Å². The first kappa shape index (κ1) is 20.0. The van der Waals surface area contributed by atoms with Crippen LogP contribution >= 0.6 is 11.3 Å². The third-order valence-electron chi connectivity index (χ3n) is 5.57. The highest BCUT2D eigenvalue weighted by atomic mass is 32.1. The van der Waals surface area contributed by atoms with Crippen LogP contribution < -0.4 is 4.90 Å². The maximum absolute atomic E-state index is 6.03. The van der Waals surface area contributed by atoms with Crippen LogP contribution in [0.2, 0.25) is 0 Å². The first-order chi connectivity index (χ1) is 13.7. The molecule has 3 heterocycles. The van der Waals surface area contributed by atoms with Gasteiger partial charge >= 0.3 is 6.01 Å². The molecule has 7 heteroatoms. The minimum Gasteiger partial charge on any atom is -0.402 e. The third-order valence-corrected chi connectivity index (χ3v) is 6.76. The smallest absolute Gasteiger partial charge is 0.318 e. The lowest BCUT2D eigenvalue weighted by Crippen LogP contribution is -2.31. The molecule has 1 fully saturated rings. The van der Waals surface area contributed by atoms with Gasteiger partial charge in [-0.2, -0.15) is 0 Å². The van der Waals surface area contributed by atoms with Crippen molar-refractivity contribution >= 4 is 17.4 Å². The summed E-state index contributed by atoms with van der Waals surface area (Å²) in [4.78, 5) is 10.1. The Labute approximate surface area is 176 Å². The molecule has 2 aromatic heterocycles. The van der Waals surface area contributed by atoms with E-state index >= 15 is 0 Å². The second kappa shape index (κ2) is 7.54. The number of benzene rings is 1. The molecule has 0 saturated carbocycles. The van der Waals surface area contributed by atoms with E-state index < -0.39 is 0 Å². The van der Waals surface area contributed by atoms with Gasteiger partial charge in [0.1, 0.15) is 9.88 Å². The van der Waals surface area contributed by atoms with Crippen LogP contribution in [0.3, 0.4) is 0 Å². The zero-order chi connectivity index (χ0) is 20.8. The van der Waals surface area contributed by atoms with Gasteiger partial charge in [-0.1, -0.05) is 50.1 Å². The number of likely N-dealkylation sites (N-methyl/N-ethyl adjacent to an activating group) is 1. The maximum Gasteiger partial charge on any atom is 0.318 e. The number of rotatable bonds is 4. The van der Waals surface area contributed by atoms with Gasteiger partial charge in [-0.25, -0.2) is 4.98 Å². The van der Waals surface area contributed by atoms with Gasteiger partial charge in [-0.3, -0.25) is 0 Å². The van der Waals surface area contributed by atoms with E-state index in [4.69, 9.17) is 9.40 Å². The molecule has 3 aromatic rings. The zero-order valence-electron chi connectivity index (χ0n) is 18.1. The van der Waals surface area contributed by atoms with Crippen molar-refractivity contribution in [2.24, 2.45) is 0 Å². The fraction of sp³-hybridized carbons (Fsp3) is 0.500. The SMILES string of the molecule is Cc1nc(-c2ccc(C(C)(C)C)cc2)sc1-c1nnc(N2CC[C@H](N(C)C)C2)o1. The predicted octanol–water partition coefficient (Wildman–Crippen LogP) is 4.61. The Morgan fingerprint density at radius 2 is 1.86 bits per heavy atom. The minimum absolute atomic E-state index is 0.143. The lowest BCUT2D eigenvalue weighted by Gasteiger charge is -2.18. The fourth-order valence-electron chi connectivity index (χ4n) is 3.60. The van der Waals surface area contributed by atoms with E-state index in [9.17, 15) is 0 Å². The average Bonchev–Trinajstić information content (AvgIpc) is 3.39. The molecule has 6 nitrogen and oxygen atoms in total. The van der Waals surface area contributed by atoms with Crippen molar-refractivity contribution in [1.82, 2.24) is 20.1 Å². The van der Waals surface area contributed by atoms with E-state index in [1.54, 1.807) is 11.3 Å². The number of anilines is 1. The molecule has 1 saturated heterocycles. The molecule has 0 unspecified atom stereocenters. The molecule has 1 aliphatic heterocycles. The summed E-state index contributed by atoms with van der Waals surface area (Å²) in [7, 11) is 4.23. The topological polar surface area (TPSA) is 58.3 Å². The first-order valence-corrected chi connectivity index (χ1v) is 10.9. The summed E-state index contributed by atoms with van der Waals surface area (Å²) in [5.41, 5.74) is 3.50. The van der Waals surface area contributed by atoms with Crippen molar-refractivity contribution in [2.75, 3.05) is 32.1 Å². The number of hydrogen-bond donors (Lipinski definition) is 0. The van der Waals surface area contributed by atoms with Gasteiger partial charge in [0.05, 0.1) is 5.69 Å². The molecular weight excluding hydrogens is 382 g/mol. The van der Waals surface area contributed by atoms with Gasteiger partial charge in [0.25, 0.3) is 5.89 Å².